The van der Waals surface area contributed by atoms with Crippen LogP contribution in [-0.2, 0) is 17.8 Å². The van der Waals surface area contributed by atoms with Crippen molar-refractivity contribution < 1.29 is 19.0 Å². The SMILES string of the molecule is COc1cc(CN(C(=S)NCC(=O)NCCc2ccc(Cl)cc2)C2CCCC2)cc(OC)c1OC. The Labute approximate surface area is 218 Å². The lowest BCUT2D eigenvalue weighted by atomic mass is 10.1. The maximum atomic E-state index is 12.4. The Kier molecular flexibility index (Phi) is 10.3. The lowest BCUT2D eigenvalue weighted by molar-refractivity contribution is -0.120. The van der Waals surface area contributed by atoms with E-state index in [9.17, 15) is 4.79 Å². The topological polar surface area (TPSA) is 72.1 Å². The van der Waals surface area contributed by atoms with E-state index in [4.69, 9.17) is 38.0 Å². The van der Waals surface area contributed by atoms with E-state index < -0.39 is 0 Å². The quantitative estimate of drug-likeness (QED) is 0.428. The molecular formula is C26H34ClN3O4S. The molecule has 0 aromatic heterocycles. The predicted molar refractivity (Wildman–Crippen MR) is 143 cm³/mol. The average Bonchev–Trinajstić information content (AvgIpc) is 3.41. The predicted octanol–water partition coefficient (Wildman–Crippen LogP) is 4.34. The molecule has 0 heterocycles. The number of rotatable bonds is 11. The Morgan fingerprint density at radius 3 is 2.20 bits per heavy atom. The number of benzene rings is 2. The van der Waals surface area contributed by atoms with Gasteiger partial charge in [-0.3, -0.25) is 4.79 Å². The second-order valence-corrected chi connectivity index (χ2v) is 9.31. The zero-order valence-corrected chi connectivity index (χ0v) is 22.1. The number of hydrogen-bond acceptors (Lipinski definition) is 5. The second kappa shape index (κ2) is 13.4. The summed E-state index contributed by atoms with van der Waals surface area (Å²) in [6, 6.07) is 11.8. The van der Waals surface area contributed by atoms with Crippen LogP contribution in [0.1, 0.15) is 36.8 Å². The van der Waals surface area contributed by atoms with E-state index in [0.717, 1.165) is 30.4 Å². The molecule has 0 aliphatic heterocycles. The van der Waals surface area contributed by atoms with Gasteiger partial charge in [-0.05, 0) is 66.9 Å². The van der Waals surface area contributed by atoms with Gasteiger partial charge in [-0.25, -0.2) is 0 Å². The molecule has 2 aromatic rings. The van der Waals surface area contributed by atoms with E-state index >= 15 is 0 Å². The molecule has 1 aliphatic carbocycles. The highest BCUT2D eigenvalue weighted by atomic mass is 35.5. The number of ether oxygens (including phenoxy) is 3. The van der Waals surface area contributed by atoms with Crippen molar-refractivity contribution in [3.8, 4) is 17.2 Å². The summed E-state index contributed by atoms with van der Waals surface area (Å²) in [7, 11) is 4.80. The number of methoxy groups -OCH3 is 3. The molecule has 0 unspecified atom stereocenters. The molecule has 0 saturated heterocycles. The minimum Gasteiger partial charge on any atom is -0.493 e. The summed E-state index contributed by atoms with van der Waals surface area (Å²) in [5.41, 5.74) is 2.11. The van der Waals surface area contributed by atoms with Crippen molar-refractivity contribution in [2.24, 2.45) is 0 Å². The molecular weight excluding hydrogens is 486 g/mol. The van der Waals surface area contributed by atoms with Gasteiger partial charge in [0.1, 0.15) is 0 Å². The summed E-state index contributed by atoms with van der Waals surface area (Å²) in [5, 5.41) is 7.37. The van der Waals surface area contributed by atoms with Gasteiger partial charge in [0, 0.05) is 24.2 Å². The number of halogens is 1. The number of amides is 1. The van der Waals surface area contributed by atoms with Gasteiger partial charge in [0.2, 0.25) is 11.7 Å². The number of thiocarbonyl (C=S) groups is 1. The van der Waals surface area contributed by atoms with Crippen molar-refractivity contribution in [1.29, 1.82) is 0 Å². The molecule has 1 amide bonds. The number of nitrogens with one attached hydrogen (secondary N) is 2. The number of hydrogen-bond donors (Lipinski definition) is 2. The van der Waals surface area contributed by atoms with Crippen LogP contribution in [0.5, 0.6) is 17.2 Å². The van der Waals surface area contributed by atoms with E-state index in [1.165, 1.54) is 12.8 Å². The minimum absolute atomic E-state index is 0.0968. The molecule has 3 rings (SSSR count). The molecule has 7 nitrogen and oxygen atoms in total. The summed E-state index contributed by atoms with van der Waals surface area (Å²) in [6.45, 7) is 1.25. The Morgan fingerprint density at radius 2 is 1.63 bits per heavy atom. The normalized spacial score (nSPS) is 13.3. The van der Waals surface area contributed by atoms with Crippen LogP contribution in [0.4, 0.5) is 0 Å². The number of nitrogens with zero attached hydrogens (tertiary/aromatic N) is 1. The van der Waals surface area contributed by atoms with Crippen molar-refractivity contribution in [1.82, 2.24) is 15.5 Å². The zero-order chi connectivity index (χ0) is 25.2. The van der Waals surface area contributed by atoms with Crippen molar-refractivity contribution in [3.63, 3.8) is 0 Å². The fraction of sp³-hybridized carbons (Fsp3) is 0.462. The van der Waals surface area contributed by atoms with Crippen LogP contribution in [0.3, 0.4) is 0 Å². The Hall–Kier alpha value is -2.71. The fourth-order valence-electron chi connectivity index (χ4n) is 4.32. The van der Waals surface area contributed by atoms with E-state index in [1.807, 2.05) is 36.4 Å². The third-order valence-corrected chi connectivity index (χ3v) is 6.78. The van der Waals surface area contributed by atoms with Crippen LogP contribution in [-0.4, -0.2) is 56.4 Å². The number of carbonyl (C=O) groups excluding carboxylic acids is 1. The van der Waals surface area contributed by atoms with Gasteiger partial charge < -0.3 is 29.7 Å². The van der Waals surface area contributed by atoms with E-state index in [0.29, 0.717) is 46.5 Å². The molecule has 0 bridgehead atoms. The van der Waals surface area contributed by atoms with Gasteiger partial charge in [-0.2, -0.15) is 0 Å². The highest BCUT2D eigenvalue weighted by Gasteiger charge is 2.26. The van der Waals surface area contributed by atoms with Gasteiger partial charge in [-0.1, -0.05) is 36.6 Å². The van der Waals surface area contributed by atoms with E-state index in [2.05, 4.69) is 15.5 Å². The van der Waals surface area contributed by atoms with Crippen molar-refractivity contribution in [3.05, 3.63) is 52.5 Å². The zero-order valence-electron chi connectivity index (χ0n) is 20.6. The molecule has 9 heteroatoms. The average molecular weight is 520 g/mol. The summed E-state index contributed by atoms with van der Waals surface area (Å²) < 4.78 is 16.5. The lowest BCUT2D eigenvalue weighted by Crippen LogP contribution is -2.47. The van der Waals surface area contributed by atoms with Gasteiger partial charge in [-0.15, -0.1) is 0 Å². The summed E-state index contributed by atoms with van der Waals surface area (Å²) in [4.78, 5) is 14.6. The molecule has 0 spiro atoms. The van der Waals surface area contributed by atoms with Gasteiger partial charge in [0.15, 0.2) is 16.6 Å². The maximum Gasteiger partial charge on any atom is 0.239 e. The third-order valence-electron chi connectivity index (χ3n) is 6.15. The molecule has 1 fully saturated rings. The maximum absolute atomic E-state index is 12.4. The van der Waals surface area contributed by atoms with E-state index in [-0.39, 0.29) is 12.5 Å². The molecule has 1 aliphatic rings. The fourth-order valence-corrected chi connectivity index (χ4v) is 4.74. The molecule has 2 aromatic carbocycles. The first-order chi connectivity index (χ1) is 16.9. The molecule has 190 valence electrons. The monoisotopic (exact) mass is 519 g/mol. The van der Waals surface area contributed by atoms with Crippen LogP contribution in [0.25, 0.3) is 0 Å². The second-order valence-electron chi connectivity index (χ2n) is 8.48. The molecule has 0 radical (unpaired) electrons. The van der Waals surface area contributed by atoms with Crippen molar-refractivity contribution in [2.75, 3.05) is 34.4 Å². The first kappa shape index (κ1) is 26.9. The molecule has 35 heavy (non-hydrogen) atoms. The van der Waals surface area contributed by atoms with Crippen molar-refractivity contribution >= 4 is 34.8 Å². The van der Waals surface area contributed by atoms with Crippen LogP contribution in [0.2, 0.25) is 5.02 Å². The Morgan fingerprint density at radius 1 is 1.00 bits per heavy atom. The minimum atomic E-state index is -0.0968. The van der Waals surface area contributed by atoms with Crippen LogP contribution in [0.15, 0.2) is 36.4 Å². The highest BCUT2D eigenvalue weighted by molar-refractivity contribution is 7.80. The Balaban J connectivity index is 1.59. The van der Waals surface area contributed by atoms with Crippen LogP contribution >= 0.6 is 23.8 Å². The smallest absolute Gasteiger partial charge is 0.239 e. The molecule has 1 saturated carbocycles. The number of carbonyl (C=O) groups is 1. The first-order valence-electron chi connectivity index (χ1n) is 11.8. The third kappa shape index (κ3) is 7.64. The standard InChI is InChI=1S/C26H34ClN3O4S/c1-32-22-14-19(15-23(33-2)25(22)34-3)17-30(21-6-4-5-7-21)26(35)29-16-24(31)28-13-12-18-8-10-20(27)11-9-18/h8-11,14-15,21H,4-7,12-13,16-17H2,1-3H3,(H,28,31)(H,29,35). The summed E-state index contributed by atoms with van der Waals surface area (Å²) in [5.74, 6) is 1.67. The van der Waals surface area contributed by atoms with Crippen molar-refractivity contribution in [2.45, 2.75) is 44.7 Å². The molecule has 0 atom stereocenters. The van der Waals surface area contributed by atoms with Crippen LogP contribution in [0, 0.1) is 0 Å². The lowest BCUT2D eigenvalue weighted by Gasteiger charge is -2.32. The summed E-state index contributed by atoms with van der Waals surface area (Å²) >= 11 is 11.7. The highest BCUT2D eigenvalue weighted by Crippen LogP contribution is 2.39. The Bertz CT molecular complexity index is 972. The van der Waals surface area contributed by atoms with Gasteiger partial charge >= 0.3 is 0 Å². The first-order valence-corrected chi connectivity index (χ1v) is 12.6. The largest absolute Gasteiger partial charge is 0.493 e. The van der Waals surface area contributed by atoms with Gasteiger partial charge in [0.25, 0.3) is 0 Å². The van der Waals surface area contributed by atoms with E-state index in [1.54, 1.807) is 21.3 Å². The molecule has 2 N–H and O–H groups in total. The summed E-state index contributed by atoms with van der Waals surface area (Å²) in [6.07, 6.45) is 5.22. The van der Waals surface area contributed by atoms with Gasteiger partial charge in [0.05, 0.1) is 27.9 Å². The van der Waals surface area contributed by atoms with Crippen LogP contribution < -0.4 is 24.8 Å².